The Kier molecular flexibility index (Phi) is 3.88. The van der Waals surface area contributed by atoms with E-state index < -0.39 is 0 Å². The molecule has 0 radical (unpaired) electrons. The molecule has 0 bridgehead atoms. The van der Waals surface area contributed by atoms with Gasteiger partial charge in [0.1, 0.15) is 17.8 Å². The molecule has 16 heavy (non-hydrogen) atoms. The minimum absolute atomic E-state index is 0.144. The molecular formula is C11H14N2O3. The summed E-state index contributed by atoms with van der Waals surface area (Å²) < 4.78 is 4.80. The Labute approximate surface area is 94.0 Å². The summed E-state index contributed by atoms with van der Waals surface area (Å²) in [6.45, 7) is 1.76. The first-order valence-electron chi connectivity index (χ1n) is 4.70. The lowest BCUT2D eigenvalue weighted by atomic mass is 10.3. The van der Waals surface area contributed by atoms with Crippen LogP contribution in [0.1, 0.15) is 6.92 Å². The Hall–Kier alpha value is -2.04. The van der Waals surface area contributed by atoms with Gasteiger partial charge in [0, 0.05) is 7.05 Å². The van der Waals surface area contributed by atoms with Crippen molar-refractivity contribution in [3.8, 4) is 0 Å². The van der Waals surface area contributed by atoms with Crippen LogP contribution in [0.15, 0.2) is 40.9 Å². The van der Waals surface area contributed by atoms with Gasteiger partial charge in [0.15, 0.2) is 5.76 Å². The molecule has 1 aliphatic heterocycles. The number of ether oxygens (including phenoxy) is 1. The zero-order valence-corrected chi connectivity index (χ0v) is 9.47. The molecule has 1 aliphatic rings. The fourth-order valence-corrected chi connectivity index (χ4v) is 1.12. The highest BCUT2D eigenvalue weighted by Crippen LogP contribution is 2.12. The van der Waals surface area contributed by atoms with Crippen molar-refractivity contribution in [1.29, 1.82) is 0 Å². The number of nitrogens with zero attached hydrogens (tertiary/aromatic N) is 2. The van der Waals surface area contributed by atoms with Gasteiger partial charge in [0.25, 0.3) is 5.91 Å². The quantitative estimate of drug-likeness (QED) is 0.445. The van der Waals surface area contributed by atoms with Crippen LogP contribution >= 0.6 is 0 Å². The van der Waals surface area contributed by atoms with Crippen molar-refractivity contribution in [2.75, 3.05) is 14.2 Å². The summed E-state index contributed by atoms with van der Waals surface area (Å²) in [5.41, 5.74) is 0.365. The molecule has 0 unspecified atom stereocenters. The minimum Gasteiger partial charge on any atom is -0.512 e. The van der Waals surface area contributed by atoms with E-state index in [2.05, 4.69) is 4.99 Å². The first kappa shape index (κ1) is 12.0. The Balaban J connectivity index is 2.77. The number of methoxy groups -OCH3 is 1. The number of aliphatic imine (C=N–C) groups is 1. The molecule has 0 aromatic rings. The summed E-state index contributed by atoms with van der Waals surface area (Å²) in [5, 5.41) is 8.69. The summed E-state index contributed by atoms with van der Waals surface area (Å²) in [6, 6.07) is 0. The number of likely N-dealkylation sites (N-methyl/N-ethyl adjacent to an activating group) is 1. The number of amidine groups is 1. The van der Waals surface area contributed by atoms with Crippen molar-refractivity contribution in [1.82, 2.24) is 4.90 Å². The van der Waals surface area contributed by atoms with Crippen molar-refractivity contribution in [2.24, 2.45) is 4.99 Å². The number of amides is 1. The van der Waals surface area contributed by atoms with Crippen molar-refractivity contribution in [2.45, 2.75) is 6.92 Å². The monoisotopic (exact) mass is 222 g/mol. The van der Waals surface area contributed by atoms with Gasteiger partial charge in [-0.05, 0) is 19.1 Å². The molecule has 5 nitrogen and oxygen atoms in total. The first-order valence-corrected chi connectivity index (χ1v) is 4.70. The Morgan fingerprint density at radius 2 is 2.25 bits per heavy atom. The van der Waals surface area contributed by atoms with E-state index in [4.69, 9.17) is 9.84 Å². The van der Waals surface area contributed by atoms with Crippen LogP contribution in [0.2, 0.25) is 0 Å². The summed E-state index contributed by atoms with van der Waals surface area (Å²) >= 11 is 0. The topological polar surface area (TPSA) is 62.1 Å². The molecule has 0 aliphatic carbocycles. The van der Waals surface area contributed by atoms with Crippen molar-refractivity contribution < 1.29 is 14.6 Å². The van der Waals surface area contributed by atoms with Gasteiger partial charge < -0.3 is 9.84 Å². The Morgan fingerprint density at radius 3 is 2.69 bits per heavy atom. The van der Waals surface area contributed by atoms with Crippen LogP contribution in [0.4, 0.5) is 0 Å². The second kappa shape index (κ2) is 5.16. The molecule has 0 fully saturated rings. The number of rotatable bonds is 3. The highest BCUT2D eigenvalue weighted by molar-refractivity contribution is 6.11. The number of carbonyl (C=O) groups excluding carboxylic acids is 1. The predicted molar refractivity (Wildman–Crippen MR) is 60.8 cm³/mol. The van der Waals surface area contributed by atoms with Gasteiger partial charge in [-0.15, -0.1) is 0 Å². The van der Waals surface area contributed by atoms with E-state index in [-0.39, 0.29) is 5.91 Å². The molecule has 0 saturated carbocycles. The van der Waals surface area contributed by atoms with Gasteiger partial charge >= 0.3 is 0 Å². The van der Waals surface area contributed by atoms with E-state index in [1.54, 1.807) is 26.1 Å². The molecule has 1 heterocycles. The fraction of sp³-hybridized carbons (Fsp3) is 0.273. The summed E-state index contributed by atoms with van der Waals surface area (Å²) in [6.07, 6.45) is 5.53. The molecule has 1 N–H and O–H groups in total. The molecule has 0 spiro atoms. The van der Waals surface area contributed by atoms with Crippen molar-refractivity contribution >= 4 is 11.7 Å². The highest BCUT2D eigenvalue weighted by atomic mass is 16.5. The molecule has 1 amide bonds. The minimum atomic E-state index is -0.144. The molecule has 86 valence electrons. The molecule has 1 rings (SSSR count). The number of carbonyl (C=O) groups is 1. The normalized spacial score (nSPS) is 19.8. The van der Waals surface area contributed by atoms with Gasteiger partial charge in [-0.2, -0.15) is 0 Å². The zero-order chi connectivity index (χ0) is 12.1. The van der Waals surface area contributed by atoms with E-state index in [0.29, 0.717) is 17.3 Å². The molecule has 0 aromatic carbocycles. The molecule has 5 heteroatoms. The van der Waals surface area contributed by atoms with E-state index >= 15 is 0 Å². The summed E-state index contributed by atoms with van der Waals surface area (Å²) in [4.78, 5) is 17.1. The van der Waals surface area contributed by atoms with E-state index in [1.165, 1.54) is 18.1 Å². The van der Waals surface area contributed by atoms with Crippen LogP contribution in [-0.4, -0.2) is 35.9 Å². The third-order valence-electron chi connectivity index (χ3n) is 2.17. The van der Waals surface area contributed by atoms with Crippen molar-refractivity contribution in [3.05, 3.63) is 35.9 Å². The van der Waals surface area contributed by atoms with Gasteiger partial charge in [0.05, 0.1) is 7.11 Å². The maximum atomic E-state index is 11.5. The first-order chi connectivity index (χ1) is 7.60. The van der Waals surface area contributed by atoms with E-state index in [1.807, 2.05) is 0 Å². The fourth-order valence-electron chi connectivity index (χ4n) is 1.12. The number of hydrogen-bond acceptors (Lipinski definition) is 4. The Morgan fingerprint density at radius 1 is 1.56 bits per heavy atom. The second-order valence-corrected chi connectivity index (χ2v) is 3.17. The second-order valence-electron chi connectivity index (χ2n) is 3.17. The average molecular weight is 222 g/mol. The number of hydrogen-bond donors (Lipinski definition) is 1. The van der Waals surface area contributed by atoms with Crippen molar-refractivity contribution in [3.63, 3.8) is 0 Å². The predicted octanol–water partition coefficient (Wildman–Crippen LogP) is 1.36. The third kappa shape index (κ3) is 2.50. The van der Waals surface area contributed by atoms with Crippen LogP contribution in [0, 0.1) is 0 Å². The summed E-state index contributed by atoms with van der Waals surface area (Å²) in [7, 11) is 3.11. The number of aliphatic hydroxyl groups is 1. The molecule has 0 atom stereocenters. The Bertz CT molecular complexity index is 405. The van der Waals surface area contributed by atoms with Crippen LogP contribution in [-0.2, 0) is 9.53 Å². The SMILES string of the molecule is COC(=C\O)/C=C/C=C1\N=C(C)N(C)C1=O. The van der Waals surface area contributed by atoms with Gasteiger partial charge in [-0.3, -0.25) is 9.69 Å². The van der Waals surface area contributed by atoms with Crippen LogP contribution < -0.4 is 0 Å². The van der Waals surface area contributed by atoms with Gasteiger partial charge in [-0.25, -0.2) is 4.99 Å². The smallest absolute Gasteiger partial charge is 0.277 e. The lowest BCUT2D eigenvalue weighted by molar-refractivity contribution is -0.121. The van der Waals surface area contributed by atoms with Crippen LogP contribution in [0.25, 0.3) is 0 Å². The number of allylic oxidation sites excluding steroid dienone is 3. The van der Waals surface area contributed by atoms with Crippen LogP contribution in [0.3, 0.4) is 0 Å². The van der Waals surface area contributed by atoms with Gasteiger partial charge in [0.2, 0.25) is 0 Å². The maximum absolute atomic E-state index is 11.5. The molecule has 0 aromatic heterocycles. The van der Waals surface area contributed by atoms with E-state index in [9.17, 15) is 4.79 Å². The summed E-state index contributed by atoms with van der Waals surface area (Å²) in [5.74, 6) is 0.819. The zero-order valence-electron chi connectivity index (χ0n) is 9.47. The average Bonchev–Trinajstić information content (AvgIpc) is 2.52. The number of aliphatic hydroxyl groups excluding tert-OH is 1. The third-order valence-corrected chi connectivity index (χ3v) is 2.17. The van der Waals surface area contributed by atoms with Gasteiger partial charge in [-0.1, -0.05) is 6.08 Å². The maximum Gasteiger partial charge on any atom is 0.277 e. The van der Waals surface area contributed by atoms with Crippen LogP contribution in [0.5, 0.6) is 0 Å². The lowest BCUT2D eigenvalue weighted by Crippen LogP contribution is -2.25. The lowest BCUT2D eigenvalue weighted by Gasteiger charge is -2.05. The standard InChI is InChI=1S/C11H14N2O3/c1-8-12-10(11(15)13(8)2)6-4-5-9(7-14)16-3/h4-7,14H,1-3H3/b5-4+,9-7-,10-6-. The molecule has 0 saturated heterocycles. The van der Waals surface area contributed by atoms with E-state index in [0.717, 1.165) is 6.26 Å². The largest absolute Gasteiger partial charge is 0.512 e. The molecular weight excluding hydrogens is 208 g/mol. The highest BCUT2D eigenvalue weighted by Gasteiger charge is 2.22.